The Kier molecular flexibility index (Phi) is 13.3. The van der Waals surface area contributed by atoms with E-state index >= 15 is 0 Å². The molecule has 0 spiro atoms. The summed E-state index contributed by atoms with van der Waals surface area (Å²) in [6.45, 7) is 7.49. The zero-order valence-electron chi connectivity index (χ0n) is 15.6. The Morgan fingerprint density at radius 2 is 2.04 bits per heavy atom. The molecule has 0 aromatic heterocycles. The van der Waals surface area contributed by atoms with Crippen LogP contribution >= 0.6 is 24.0 Å². The van der Waals surface area contributed by atoms with E-state index in [4.69, 9.17) is 14.2 Å². The summed E-state index contributed by atoms with van der Waals surface area (Å²) < 4.78 is 16.7. The SMILES string of the molecule is CCNC(=NCCCOc1ccccc1)NCCCOC1CCOC1.I. The normalized spacial score (nSPS) is 16.8. The fourth-order valence-electron chi connectivity index (χ4n) is 2.48. The summed E-state index contributed by atoms with van der Waals surface area (Å²) in [5.74, 6) is 1.76. The van der Waals surface area contributed by atoms with E-state index in [-0.39, 0.29) is 30.1 Å². The van der Waals surface area contributed by atoms with Crippen molar-refractivity contribution < 1.29 is 14.2 Å². The van der Waals surface area contributed by atoms with Gasteiger partial charge in [0.15, 0.2) is 5.96 Å². The van der Waals surface area contributed by atoms with E-state index in [0.717, 1.165) is 70.4 Å². The highest BCUT2D eigenvalue weighted by Gasteiger charge is 2.15. The Hall–Kier alpha value is -1.06. The first-order valence-electron chi connectivity index (χ1n) is 9.28. The molecule has 1 unspecified atom stereocenters. The zero-order valence-corrected chi connectivity index (χ0v) is 17.9. The minimum Gasteiger partial charge on any atom is -0.494 e. The van der Waals surface area contributed by atoms with Crippen molar-refractivity contribution in [1.82, 2.24) is 10.6 Å². The minimum absolute atomic E-state index is 0. The van der Waals surface area contributed by atoms with Gasteiger partial charge >= 0.3 is 0 Å². The van der Waals surface area contributed by atoms with Gasteiger partial charge in [0.2, 0.25) is 0 Å². The van der Waals surface area contributed by atoms with Gasteiger partial charge in [0.1, 0.15) is 5.75 Å². The molecule has 0 bridgehead atoms. The van der Waals surface area contributed by atoms with Crippen molar-refractivity contribution in [2.45, 2.75) is 32.3 Å². The van der Waals surface area contributed by atoms with Gasteiger partial charge in [-0.25, -0.2) is 0 Å². The molecule has 1 atom stereocenters. The predicted molar refractivity (Wildman–Crippen MR) is 116 cm³/mol. The molecule has 148 valence electrons. The molecule has 1 saturated heterocycles. The van der Waals surface area contributed by atoms with E-state index < -0.39 is 0 Å². The number of guanidine groups is 1. The number of halogens is 1. The van der Waals surface area contributed by atoms with Crippen molar-refractivity contribution in [2.75, 3.05) is 46.1 Å². The number of rotatable bonds is 11. The molecule has 1 aromatic rings. The molecule has 0 amide bonds. The van der Waals surface area contributed by atoms with Crippen molar-refractivity contribution in [1.29, 1.82) is 0 Å². The Balaban J connectivity index is 0.00000338. The first-order valence-corrected chi connectivity index (χ1v) is 9.28. The lowest BCUT2D eigenvalue weighted by molar-refractivity contribution is 0.0420. The van der Waals surface area contributed by atoms with Crippen LogP contribution in [0.3, 0.4) is 0 Å². The maximum Gasteiger partial charge on any atom is 0.191 e. The summed E-state index contributed by atoms with van der Waals surface area (Å²) in [6.07, 6.45) is 3.14. The standard InChI is InChI=1S/C19H31N3O3.HI/c1-2-20-19(22-12-7-14-25-18-10-15-23-16-18)21-11-6-13-24-17-8-4-3-5-9-17;/h3-5,8-9,18H,2,6-7,10-16H2,1H3,(H2,20,21,22);1H. The fourth-order valence-corrected chi connectivity index (χ4v) is 2.48. The Labute approximate surface area is 174 Å². The maximum atomic E-state index is 5.76. The first-order chi connectivity index (χ1) is 12.4. The van der Waals surface area contributed by atoms with Crippen molar-refractivity contribution >= 4 is 29.9 Å². The zero-order chi connectivity index (χ0) is 17.6. The van der Waals surface area contributed by atoms with Gasteiger partial charge in [-0.3, -0.25) is 4.99 Å². The van der Waals surface area contributed by atoms with Crippen molar-refractivity contribution in [3.8, 4) is 5.75 Å². The van der Waals surface area contributed by atoms with E-state index in [1.807, 2.05) is 30.3 Å². The Bertz CT molecular complexity index is 482. The van der Waals surface area contributed by atoms with Crippen molar-refractivity contribution in [3.63, 3.8) is 0 Å². The lowest BCUT2D eigenvalue weighted by Gasteiger charge is -2.13. The number of ether oxygens (including phenoxy) is 3. The molecule has 26 heavy (non-hydrogen) atoms. The largest absolute Gasteiger partial charge is 0.494 e. The monoisotopic (exact) mass is 477 g/mol. The van der Waals surface area contributed by atoms with E-state index in [9.17, 15) is 0 Å². The van der Waals surface area contributed by atoms with E-state index in [2.05, 4.69) is 22.5 Å². The fraction of sp³-hybridized carbons (Fsp3) is 0.632. The number of aliphatic imine (C=N–C) groups is 1. The number of nitrogens with zero attached hydrogens (tertiary/aromatic N) is 1. The van der Waals surface area contributed by atoms with Crippen LogP contribution in [0.5, 0.6) is 5.75 Å². The minimum atomic E-state index is 0. The van der Waals surface area contributed by atoms with Crippen LogP contribution in [0, 0.1) is 0 Å². The number of hydrogen-bond donors (Lipinski definition) is 2. The number of nitrogens with one attached hydrogen (secondary N) is 2. The predicted octanol–water partition coefficient (Wildman–Crippen LogP) is 2.82. The molecule has 0 aliphatic carbocycles. The van der Waals surface area contributed by atoms with Crippen LogP contribution in [0.2, 0.25) is 0 Å². The van der Waals surface area contributed by atoms with Crippen molar-refractivity contribution in [3.05, 3.63) is 30.3 Å². The summed E-state index contributed by atoms with van der Waals surface area (Å²) in [5.41, 5.74) is 0. The Morgan fingerprint density at radius 3 is 2.77 bits per heavy atom. The average Bonchev–Trinajstić information content (AvgIpc) is 3.15. The highest BCUT2D eigenvalue weighted by Crippen LogP contribution is 2.08. The van der Waals surface area contributed by atoms with Gasteiger partial charge in [-0.2, -0.15) is 0 Å². The number of para-hydroxylation sites is 1. The summed E-state index contributed by atoms with van der Waals surface area (Å²) in [4.78, 5) is 4.57. The third-order valence-electron chi connectivity index (χ3n) is 3.78. The van der Waals surface area contributed by atoms with E-state index in [0.29, 0.717) is 6.61 Å². The Morgan fingerprint density at radius 1 is 1.19 bits per heavy atom. The molecule has 2 N–H and O–H groups in total. The van der Waals surface area contributed by atoms with Crippen LogP contribution in [0.4, 0.5) is 0 Å². The van der Waals surface area contributed by atoms with Gasteiger partial charge in [0.25, 0.3) is 0 Å². The molecule has 6 nitrogen and oxygen atoms in total. The van der Waals surface area contributed by atoms with Crippen LogP contribution < -0.4 is 15.4 Å². The van der Waals surface area contributed by atoms with E-state index in [1.165, 1.54) is 0 Å². The van der Waals surface area contributed by atoms with Gasteiger partial charge < -0.3 is 24.8 Å². The molecule has 1 fully saturated rings. The van der Waals surface area contributed by atoms with Crippen LogP contribution in [0.25, 0.3) is 0 Å². The summed E-state index contributed by atoms with van der Waals surface area (Å²) in [7, 11) is 0. The smallest absolute Gasteiger partial charge is 0.191 e. The highest BCUT2D eigenvalue weighted by atomic mass is 127. The average molecular weight is 477 g/mol. The topological polar surface area (TPSA) is 64.1 Å². The van der Waals surface area contributed by atoms with Crippen molar-refractivity contribution in [2.24, 2.45) is 4.99 Å². The lowest BCUT2D eigenvalue weighted by atomic mass is 10.3. The molecule has 2 rings (SSSR count). The summed E-state index contributed by atoms with van der Waals surface area (Å²) in [6, 6.07) is 9.87. The molecule has 0 saturated carbocycles. The lowest BCUT2D eigenvalue weighted by Crippen LogP contribution is -2.38. The quantitative estimate of drug-likeness (QED) is 0.222. The second-order valence-electron chi connectivity index (χ2n) is 5.91. The summed E-state index contributed by atoms with van der Waals surface area (Å²) >= 11 is 0. The second kappa shape index (κ2) is 15.0. The van der Waals surface area contributed by atoms with Crippen LogP contribution in [-0.4, -0.2) is 58.1 Å². The van der Waals surface area contributed by atoms with Crippen LogP contribution in [0.15, 0.2) is 35.3 Å². The van der Waals surface area contributed by atoms with Gasteiger partial charge in [0, 0.05) is 39.3 Å². The molecular formula is C19H32IN3O3. The summed E-state index contributed by atoms with van der Waals surface area (Å²) in [5, 5.41) is 6.60. The molecule has 7 heteroatoms. The van der Waals surface area contributed by atoms with Crippen LogP contribution in [0.1, 0.15) is 26.2 Å². The first kappa shape index (κ1) is 23.0. The van der Waals surface area contributed by atoms with Gasteiger partial charge in [-0.15, -0.1) is 24.0 Å². The van der Waals surface area contributed by atoms with Gasteiger partial charge in [0.05, 0.1) is 19.3 Å². The molecule has 1 aliphatic heterocycles. The van der Waals surface area contributed by atoms with E-state index in [1.54, 1.807) is 0 Å². The van der Waals surface area contributed by atoms with Gasteiger partial charge in [-0.05, 0) is 31.9 Å². The van der Waals surface area contributed by atoms with Crippen LogP contribution in [-0.2, 0) is 9.47 Å². The molecular weight excluding hydrogens is 445 g/mol. The third-order valence-corrected chi connectivity index (χ3v) is 3.78. The molecule has 1 aromatic carbocycles. The number of benzene rings is 1. The second-order valence-corrected chi connectivity index (χ2v) is 5.91. The maximum absolute atomic E-state index is 5.76. The molecule has 0 radical (unpaired) electrons. The molecule has 1 aliphatic rings. The third kappa shape index (κ3) is 10.2. The van der Waals surface area contributed by atoms with Gasteiger partial charge in [-0.1, -0.05) is 18.2 Å². The highest BCUT2D eigenvalue weighted by molar-refractivity contribution is 14.0. The molecule has 1 heterocycles. The number of hydrogen-bond acceptors (Lipinski definition) is 4.